The molecule has 9 nitrogen and oxygen atoms in total. The number of anilines is 2. The molecule has 0 radical (unpaired) electrons. The van der Waals surface area contributed by atoms with Gasteiger partial charge in [-0.15, -0.1) is 11.3 Å². The number of benzene rings is 1. The monoisotopic (exact) mass is 464 g/mol. The summed E-state index contributed by atoms with van der Waals surface area (Å²) in [6.07, 6.45) is 4.30. The molecule has 3 amide bonds. The lowest BCUT2D eigenvalue weighted by molar-refractivity contribution is -0.117. The van der Waals surface area contributed by atoms with Crippen LogP contribution in [-0.4, -0.2) is 70.2 Å². The molecule has 0 atom stereocenters. The molecule has 0 unspecified atom stereocenters. The van der Waals surface area contributed by atoms with Crippen LogP contribution in [0.25, 0.3) is 0 Å². The van der Waals surface area contributed by atoms with Gasteiger partial charge in [-0.05, 0) is 30.5 Å². The minimum absolute atomic E-state index is 0.0779. The second-order valence-corrected chi connectivity index (χ2v) is 8.61. The molecule has 2 N–H and O–H groups in total. The van der Waals surface area contributed by atoms with Crippen molar-refractivity contribution in [3.05, 3.63) is 70.4 Å². The summed E-state index contributed by atoms with van der Waals surface area (Å²) in [4.78, 5) is 49.9. The van der Waals surface area contributed by atoms with Crippen molar-refractivity contribution < 1.29 is 14.4 Å². The molecular formula is C23H24N6O3S. The Kier molecular flexibility index (Phi) is 7.06. The fraction of sp³-hybridized carbons (Fsp3) is 0.261. The van der Waals surface area contributed by atoms with Crippen LogP contribution in [0.15, 0.2) is 54.3 Å². The number of nitrogens with zero attached hydrogens (tertiary/aromatic N) is 4. The standard InChI is InChI=1S/C23H24N6O3S/c1-16-2-4-17(5-3-16)26-20(30)15-28-9-11-29(12-10-28)23(32)21-18(6-13-33-21)27-22(31)19-14-24-7-8-25-19/h2-8,13-14H,9-12,15H2,1H3,(H,26,30)(H,27,31). The number of hydrogen-bond acceptors (Lipinski definition) is 7. The predicted octanol–water partition coefficient (Wildman–Crippen LogP) is 2.50. The van der Waals surface area contributed by atoms with E-state index >= 15 is 0 Å². The quantitative estimate of drug-likeness (QED) is 0.580. The Morgan fingerprint density at radius 1 is 1.00 bits per heavy atom. The minimum Gasteiger partial charge on any atom is -0.335 e. The van der Waals surface area contributed by atoms with Crippen LogP contribution in [0.2, 0.25) is 0 Å². The SMILES string of the molecule is Cc1ccc(NC(=O)CN2CCN(C(=O)c3sccc3NC(=O)c3cnccn3)CC2)cc1. The highest BCUT2D eigenvalue weighted by atomic mass is 32.1. The Bertz CT molecular complexity index is 1120. The predicted molar refractivity (Wildman–Crippen MR) is 126 cm³/mol. The van der Waals surface area contributed by atoms with Gasteiger partial charge in [0.1, 0.15) is 10.6 Å². The smallest absolute Gasteiger partial charge is 0.275 e. The lowest BCUT2D eigenvalue weighted by Gasteiger charge is -2.34. The van der Waals surface area contributed by atoms with Gasteiger partial charge in [-0.1, -0.05) is 17.7 Å². The second kappa shape index (κ2) is 10.3. The molecule has 1 aliphatic rings. The van der Waals surface area contributed by atoms with Crippen molar-refractivity contribution in [1.29, 1.82) is 0 Å². The van der Waals surface area contributed by atoms with E-state index in [-0.39, 0.29) is 24.1 Å². The van der Waals surface area contributed by atoms with Crippen LogP contribution >= 0.6 is 11.3 Å². The van der Waals surface area contributed by atoms with E-state index in [0.717, 1.165) is 11.3 Å². The Labute approximate surface area is 195 Å². The van der Waals surface area contributed by atoms with Crippen LogP contribution in [0, 0.1) is 6.92 Å². The molecule has 170 valence electrons. The first kappa shape index (κ1) is 22.6. The van der Waals surface area contributed by atoms with E-state index in [1.54, 1.807) is 16.3 Å². The number of nitrogens with one attached hydrogen (secondary N) is 2. The fourth-order valence-corrected chi connectivity index (χ4v) is 4.29. The largest absolute Gasteiger partial charge is 0.335 e. The average Bonchev–Trinajstić information content (AvgIpc) is 3.29. The van der Waals surface area contributed by atoms with Crippen LogP contribution < -0.4 is 10.6 Å². The molecule has 1 aliphatic heterocycles. The fourth-order valence-electron chi connectivity index (χ4n) is 3.47. The van der Waals surface area contributed by atoms with Gasteiger partial charge in [0.15, 0.2) is 0 Å². The number of aryl methyl sites for hydroxylation is 1. The van der Waals surface area contributed by atoms with E-state index in [1.165, 1.54) is 29.9 Å². The number of amides is 3. The number of aromatic nitrogens is 2. The first-order chi connectivity index (χ1) is 16.0. The molecule has 0 spiro atoms. The highest BCUT2D eigenvalue weighted by molar-refractivity contribution is 7.12. The first-order valence-electron chi connectivity index (χ1n) is 10.5. The highest BCUT2D eigenvalue weighted by Crippen LogP contribution is 2.25. The first-order valence-corrected chi connectivity index (χ1v) is 11.4. The molecule has 0 saturated carbocycles. The third kappa shape index (κ3) is 5.79. The summed E-state index contributed by atoms with van der Waals surface area (Å²) < 4.78 is 0. The summed E-state index contributed by atoms with van der Waals surface area (Å²) in [6.45, 7) is 4.48. The molecule has 3 aromatic rings. The van der Waals surface area contributed by atoms with Gasteiger partial charge in [-0.2, -0.15) is 0 Å². The number of carbonyl (C=O) groups is 3. The van der Waals surface area contributed by atoms with Crippen molar-refractivity contribution in [1.82, 2.24) is 19.8 Å². The van der Waals surface area contributed by atoms with Crippen LogP contribution in [0.5, 0.6) is 0 Å². The van der Waals surface area contributed by atoms with Gasteiger partial charge >= 0.3 is 0 Å². The van der Waals surface area contributed by atoms with Crippen molar-refractivity contribution in [3.8, 4) is 0 Å². The van der Waals surface area contributed by atoms with E-state index in [1.807, 2.05) is 36.1 Å². The number of rotatable bonds is 6. The van der Waals surface area contributed by atoms with Gasteiger partial charge in [0.2, 0.25) is 5.91 Å². The van der Waals surface area contributed by atoms with Gasteiger partial charge in [0, 0.05) is 44.3 Å². The molecule has 0 aliphatic carbocycles. The summed E-state index contributed by atoms with van der Waals surface area (Å²) in [6, 6.07) is 9.37. The summed E-state index contributed by atoms with van der Waals surface area (Å²) >= 11 is 1.28. The van der Waals surface area contributed by atoms with Crippen LogP contribution in [-0.2, 0) is 4.79 Å². The van der Waals surface area contributed by atoms with E-state index < -0.39 is 5.91 Å². The topological polar surface area (TPSA) is 108 Å². The maximum Gasteiger partial charge on any atom is 0.275 e. The zero-order valence-electron chi connectivity index (χ0n) is 18.2. The zero-order chi connectivity index (χ0) is 23.2. The molecule has 4 rings (SSSR count). The molecular weight excluding hydrogens is 440 g/mol. The normalized spacial score (nSPS) is 14.0. The molecule has 0 bridgehead atoms. The zero-order valence-corrected chi connectivity index (χ0v) is 19.0. The van der Waals surface area contributed by atoms with Gasteiger partial charge in [0.25, 0.3) is 11.8 Å². The van der Waals surface area contributed by atoms with Crippen LogP contribution in [0.4, 0.5) is 11.4 Å². The Morgan fingerprint density at radius 3 is 2.45 bits per heavy atom. The van der Waals surface area contributed by atoms with E-state index in [0.29, 0.717) is 36.7 Å². The van der Waals surface area contributed by atoms with Crippen LogP contribution in [0.3, 0.4) is 0 Å². The Hall–Kier alpha value is -3.63. The van der Waals surface area contributed by atoms with Crippen molar-refractivity contribution in [3.63, 3.8) is 0 Å². The number of hydrogen-bond donors (Lipinski definition) is 2. The second-order valence-electron chi connectivity index (χ2n) is 7.69. The van der Waals surface area contributed by atoms with Gasteiger partial charge in [-0.3, -0.25) is 24.3 Å². The van der Waals surface area contributed by atoms with Gasteiger partial charge in [0.05, 0.1) is 18.4 Å². The molecule has 10 heteroatoms. The van der Waals surface area contributed by atoms with E-state index in [9.17, 15) is 14.4 Å². The van der Waals surface area contributed by atoms with Gasteiger partial charge < -0.3 is 15.5 Å². The molecule has 33 heavy (non-hydrogen) atoms. The van der Waals surface area contributed by atoms with Crippen LogP contribution in [0.1, 0.15) is 25.7 Å². The minimum atomic E-state index is -0.417. The Balaban J connectivity index is 1.29. The Morgan fingerprint density at radius 2 is 1.76 bits per heavy atom. The van der Waals surface area contributed by atoms with Gasteiger partial charge in [-0.25, -0.2) is 4.98 Å². The van der Waals surface area contributed by atoms with E-state index in [2.05, 4.69) is 20.6 Å². The lowest BCUT2D eigenvalue weighted by atomic mass is 10.2. The molecule has 1 fully saturated rings. The maximum atomic E-state index is 13.1. The van der Waals surface area contributed by atoms with Crippen molar-refractivity contribution in [2.24, 2.45) is 0 Å². The summed E-state index contributed by atoms with van der Waals surface area (Å²) in [5.74, 6) is -0.631. The lowest BCUT2D eigenvalue weighted by Crippen LogP contribution is -2.50. The third-order valence-corrected chi connectivity index (χ3v) is 6.17. The summed E-state index contributed by atoms with van der Waals surface area (Å²) in [5, 5.41) is 7.42. The molecule has 3 heterocycles. The summed E-state index contributed by atoms with van der Waals surface area (Å²) in [7, 11) is 0. The highest BCUT2D eigenvalue weighted by Gasteiger charge is 2.26. The molecule has 1 saturated heterocycles. The van der Waals surface area contributed by atoms with Crippen molar-refractivity contribution >= 4 is 40.4 Å². The molecule has 2 aromatic heterocycles. The third-order valence-electron chi connectivity index (χ3n) is 5.27. The number of thiophene rings is 1. The van der Waals surface area contributed by atoms with E-state index in [4.69, 9.17) is 0 Å². The van der Waals surface area contributed by atoms with Crippen molar-refractivity contribution in [2.45, 2.75) is 6.92 Å². The summed E-state index contributed by atoms with van der Waals surface area (Å²) in [5.41, 5.74) is 2.55. The molecule has 1 aromatic carbocycles. The average molecular weight is 465 g/mol. The number of piperazine rings is 1. The maximum absolute atomic E-state index is 13.1. The van der Waals surface area contributed by atoms with Crippen molar-refractivity contribution in [2.75, 3.05) is 43.4 Å². The number of carbonyl (C=O) groups excluding carboxylic acids is 3.